The van der Waals surface area contributed by atoms with Gasteiger partial charge in [0.05, 0.1) is 11.0 Å². The lowest BCUT2D eigenvalue weighted by Gasteiger charge is -2.15. The molecule has 0 saturated carbocycles. The van der Waals surface area contributed by atoms with Crippen molar-refractivity contribution < 1.29 is 0 Å². The molecule has 0 amide bonds. The van der Waals surface area contributed by atoms with Crippen LogP contribution in [0.4, 0.5) is 0 Å². The lowest BCUT2D eigenvalue weighted by atomic mass is 10.2. The van der Waals surface area contributed by atoms with Crippen LogP contribution in [-0.2, 0) is 0 Å². The van der Waals surface area contributed by atoms with Crippen LogP contribution in [-0.4, -0.2) is 34.6 Å². The largest absolute Gasteiger partial charge is 0.324 e. The van der Waals surface area contributed by atoms with E-state index in [-0.39, 0.29) is 0 Å². The van der Waals surface area contributed by atoms with Crippen LogP contribution in [0.3, 0.4) is 0 Å². The van der Waals surface area contributed by atoms with Crippen molar-refractivity contribution in [3.8, 4) is 0 Å². The summed E-state index contributed by atoms with van der Waals surface area (Å²) in [5.41, 5.74) is 2.40. The average molecular weight is 215 g/mol. The summed E-state index contributed by atoms with van der Waals surface area (Å²) in [5.74, 6) is 1.14. The van der Waals surface area contributed by atoms with E-state index < -0.39 is 0 Å². The van der Waals surface area contributed by atoms with Crippen LogP contribution in [0.2, 0.25) is 0 Å². The molecule has 84 valence electrons. The first-order valence-electron chi connectivity index (χ1n) is 5.88. The predicted octanol–water partition coefficient (Wildman–Crippen LogP) is 2.22. The molecule has 1 atom stereocenters. The summed E-state index contributed by atoms with van der Waals surface area (Å²) in [5, 5.41) is 0. The van der Waals surface area contributed by atoms with Gasteiger partial charge in [-0.2, -0.15) is 0 Å². The monoisotopic (exact) mass is 215 g/mol. The smallest absolute Gasteiger partial charge is 0.107 e. The second-order valence-electron chi connectivity index (χ2n) is 4.72. The zero-order valence-electron chi connectivity index (χ0n) is 9.85. The average Bonchev–Trinajstić information content (AvgIpc) is 2.80. The fourth-order valence-corrected chi connectivity index (χ4v) is 2.75. The van der Waals surface area contributed by atoms with Gasteiger partial charge in [0.1, 0.15) is 5.82 Å². The molecule has 0 spiro atoms. The number of imidazole rings is 1. The Labute approximate surface area is 95.7 Å². The number of aromatic nitrogens is 2. The van der Waals surface area contributed by atoms with Gasteiger partial charge in [-0.25, -0.2) is 4.98 Å². The molecule has 0 radical (unpaired) electrons. The standard InChI is InChI=1S/C13H17N3/c1-10-14-12-5-3-4-6-13(12)16(10)11-7-8-15(2)9-11/h3-6,11H,7-9H2,1-2H3. The van der Waals surface area contributed by atoms with Gasteiger partial charge < -0.3 is 9.47 Å². The van der Waals surface area contributed by atoms with Crippen molar-refractivity contribution in [3.05, 3.63) is 30.1 Å². The highest BCUT2D eigenvalue weighted by Crippen LogP contribution is 2.26. The highest BCUT2D eigenvalue weighted by Gasteiger charge is 2.23. The Balaban J connectivity index is 2.12. The maximum absolute atomic E-state index is 4.63. The third-order valence-corrected chi connectivity index (χ3v) is 3.50. The highest BCUT2D eigenvalue weighted by atomic mass is 15.2. The summed E-state index contributed by atoms with van der Waals surface area (Å²) in [7, 11) is 2.19. The van der Waals surface area contributed by atoms with E-state index in [1.807, 2.05) is 0 Å². The molecule has 3 rings (SSSR count). The molecule has 1 fully saturated rings. The topological polar surface area (TPSA) is 21.1 Å². The maximum Gasteiger partial charge on any atom is 0.107 e. The molecule has 0 bridgehead atoms. The SMILES string of the molecule is Cc1nc2ccccc2n1C1CCN(C)C1. The zero-order valence-corrected chi connectivity index (χ0v) is 9.85. The molecule has 1 aliphatic heterocycles. The van der Waals surface area contributed by atoms with E-state index in [0.29, 0.717) is 6.04 Å². The number of likely N-dealkylation sites (tertiary alicyclic amines) is 1. The normalized spacial score (nSPS) is 22.0. The number of rotatable bonds is 1. The minimum absolute atomic E-state index is 0.595. The van der Waals surface area contributed by atoms with E-state index in [1.54, 1.807) is 0 Å². The minimum atomic E-state index is 0.595. The van der Waals surface area contributed by atoms with Gasteiger partial charge in [-0.05, 0) is 39.1 Å². The van der Waals surface area contributed by atoms with Gasteiger partial charge in [0.15, 0.2) is 0 Å². The molecule has 2 heterocycles. The number of nitrogens with zero attached hydrogens (tertiary/aromatic N) is 3. The number of hydrogen-bond donors (Lipinski definition) is 0. The molecular weight excluding hydrogens is 198 g/mol. The first-order chi connectivity index (χ1) is 7.75. The second-order valence-corrected chi connectivity index (χ2v) is 4.72. The van der Waals surface area contributed by atoms with Crippen molar-refractivity contribution in [3.63, 3.8) is 0 Å². The fourth-order valence-electron chi connectivity index (χ4n) is 2.75. The van der Waals surface area contributed by atoms with Crippen molar-refractivity contribution in [2.45, 2.75) is 19.4 Å². The number of likely N-dealkylation sites (N-methyl/N-ethyl adjacent to an activating group) is 1. The summed E-state index contributed by atoms with van der Waals surface area (Å²) in [6, 6.07) is 9.02. The summed E-state index contributed by atoms with van der Waals surface area (Å²) < 4.78 is 2.40. The Kier molecular flexibility index (Phi) is 2.21. The first kappa shape index (κ1) is 9.85. The van der Waals surface area contributed by atoms with Crippen LogP contribution in [0.25, 0.3) is 11.0 Å². The van der Waals surface area contributed by atoms with Crippen LogP contribution in [0.5, 0.6) is 0 Å². The van der Waals surface area contributed by atoms with E-state index >= 15 is 0 Å². The third kappa shape index (κ3) is 1.43. The zero-order chi connectivity index (χ0) is 11.1. The molecule has 16 heavy (non-hydrogen) atoms. The fraction of sp³-hybridized carbons (Fsp3) is 0.462. The van der Waals surface area contributed by atoms with E-state index in [2.05, 4.69) is 52.7 Å². The lowest BCUT2D eigenvalue weighted by Crippen LogP contribution is -2.17. The number of fused-ring (bicyclic) bond motifs is 1. The number of hydrogen-bond acceptors (Lipinski definition) is 2. The van der Waals surface area contributed by atoms with Gasteiger partial charge in [-0.1, -0.05) is 12.1 Å². The van der Waals surface area contributed by atoms with Crippen LogP contribution in [0, 0.1) is 6.92 Å². The molecule has 3 heteroatoms. The Bertz CT molecular complexity index is 515. The van der Waals surface area contributed by atoms with Gasteiger partial charge in [-0.3, -0.25) is 0 Å². The van der Waals surface area contributed by atoms with Crippen molar-refractivity contribution in [2.24, 2.45) is 0 Å². The Morgan fingerprint density at radius 1 is 1.31 bits per heavy atom. The Hall–Kier alpha value is -1.35. The van der Waals surface area contributed by atoms with E-state index in [9.17, 15) is 0 Å². The predicted molar refractivity (Wildman–Crippen MR) is 65.6 cm³/mol. The second kappa shape index (κ2) is 3.59. The summed E-state index contributed by atoms with van der Waals surface area (Å²) in [4.78, 5) is 7.01. The summed E-state index contributed by atoms with van der Waals surface area (Å²) >= 11 is 0. The summed E-state index contributed by atoms with van der Waals surface area (Å²) in [6.45, 7) is 4.44. The van der Waals surface area contributed by atoms with Crippen molar-refractivity contribution >= 4 is 11.0 Å². The Morgan fingerprint density at radius 2 is 2.12 bits per heavy atom. The van der Waals surface area contributed by atoms with Crippen LogP contribution in [0.15, 0.2) is 24.3 Å². The number of benzene rings is 1. The molecule has 2 aromatic rings. The van der Waals surface area contributed by atoms with Crippen molar-refractivity contribution in [1.82, 2.24) is 14.5 Å². The maximum atomic E-state index is 4.63. The van der Waals surface area contributed by atoms with Gasteiger partial charge in [0, 0.05) is 12.6 Å². The number of para-hydroxylation sites is 2. The molecule has 1 saturated heterocycles. The Morgan fingerprint density at radius 3 is 2.88 bits per heavy atom. The quantitative estimate of drug-likeness (QED) is 0.727. The van der Waals surface area contributed by atoms with Crippen LogP contribution >= 0.6 is 0 Å². The summed E-state index contributed by atoms with van der Waals surface area (Å²) in [6.07, 6.45) is 1.23. The van der Waals surface area contributed by atoms with Crippen LogP contribution < -0.4 is 0 Å². The number of aryl methyl sites for hydroxylation is 1. The van der Waals surface area contributed by atoms with E-state index in [4.69, 9.17) is 0 Å². The van der Waals surface area contributed by atoms with Crippen molar-refractivity contribution in [2.75, 3.05) is 20.1 Å². The van der Waals surface area contributed by atoms with Gasteiger partial charge >= 0.3 is 0 Å². The van der Waals surface area contributed by atoms with Crippen LogP contribution in [0.1, 0.15) is 18.3 Å². The lowest BCUT2D eigenvalue weighted by molar-refractivity contribution is 0.393. The van der Waals surface area contributed by atoms with Gasteiger partial charge in [-0.15, -0.1) is 0 Å². The molecule has 3 nitrogen and oxygen atoms in total. The minimum Gasteiger partial charge on any atom is -0.324 e. The first-order valence-corrected chi connectivity index (χ1v) is 5.88. The molecule has 1 unspecified atom stereocenters. The highest BCUT2D eigenvalue weighted by molar-refractivity contribution is 5.76. The van der Waals surface area contributed by atoms with E-state index in [1.165, 1.54) is 18.5 Å². The third-order valence-electron chi connectivity index (χ3n) is 3.50. The molecule has 0 aliphatic carbocycles. The van der Waals surface area contributed by atoms with E-state index in [0.717, 1.165) is 17.9 Å². The molecule has 1 aromatic carbocycles. The molecule has 0 N–H and O–H groups in total. The molecule has 1 aromatic heterocycles. The molecular formula is C13H17N3. The molecule has 1 aliphatic rings. The van der Waals surface area contributed by atoms with Gasteiger partial charge in [0.2, 0.25) is 0 Å². The van der Waals surface area contributed by atoms with Gasteiger partial charge in [0.25, 0.3) is 0 Å². The van der Waals surface area contributed by atoms with Crippen molar-refractivity contribution in [1.29, 1.82) is 0 Å².